The Bertz CT molecular complexity index is 1160. The van der Waals surface area contributed by atoms with E-state index < -0.39 is 39.1 Å². The number of carbonyl (C=O) groups is 3. The first kappa shape index (κ1) is 21.9. The molecule has 2 aromatic carbocycles. The lowest BCUT2D eigenvalue weighted by atomic mass is 10.2. The summed E-state index contributed by atoms with van der Waals surface area (Å²) in [6.07, 6.45) is 0.794. The Hall–Kier alpha value is -3.80. The van der Waals surface area contributed by atoms with Crippen LogP contribution in [0.3, 0.4) is 0 Å². The summed E-state index contributed by atoms with van der Waals surface area (Å²) in [5.41, 5.74) is -0.716. The number of nitrogens with one attached hydrogen (secondary N) is 1. The number of esters is 1. The predicted molar refractivity (Wildman–Crippen MR) is 107 cm³/mol. The Kier molecular flexibility index (Phi) is 6.30. The van der Waals surface area contributed by atoms with E-state index in [4.69, 9.17) is 4.74 Å². The van der Waals surface area contributed by atoms with Crippen LogP contribution in [0.2, 0.25) is 0 Å². The molecule has 1 aliphatic heterocycles. The van der Waals surface area contributed by atoms with E-state index in [2.05, 4.69) is 4.72 Å². The number of amides is 2. The topological polar surface area (TPSA) is 153 Å². The molecule has 1 fully saturated rings. The van der Waals surface area contributed by atoms with Crippen LogP contribution in [0.25, 0.3) is 0 Å². The van der Waals surface area contributed by atoms with E-state index in [1.54, 1.807) is 0 Å². The van der Waals surface area contributed by atoms with Crippen molar-refractivity contribution in [1.82, 2.24) is 4.90 Å². The Labute approximate surface area is 176 Å². The molecule has 1 aliphatic rings. The number of hydrogen-bond donors (Lipinski definition) is 1. The van der Waals surface area contributed by atoms with Crippen LogP contribution in [-0.2, 0) is 24.3 Å². The van der Waals surface area contributed by atoms with Gasteiger partial charge in [-0.15, -0.1) is 0 Å². The van der Waals surface area contributed by atoms with Crippen molar-refractivity contribution in [2.24, 2.45) is 0 Å². The molecule has 0 bridgehead atoms. The van der Waals surface area contributed by atoms with Crippen molar-refractivity contribution in [2.75, 3.05) is 17.9 Å². The summed E-state index contributed by atoms with van der Waals surface area (Å²) in [4.78, 5) is 46.9. The SMILES string of the molecule is O=C(OCC(=O)N1CCCC1=O)c1ccccc1NS(=O)(=O)c1cccc([N+](=O)[O-])c1. The van der Waals surface area contributed by atoms with Gasteiger partial charge in [0.15, 0.2) is 6.61 Å². The van der Waals surface area contributed by atoms with Gasteiger partial charge >= 0.3 is 5.97 Å². The average molecular weight is 447 g/mol. The summed E-state index contributed by atoms with van der Waals surface area (Å²) in [6.45, 7) is -0.411. The van der Waals surface area contributed by atoms with Gasteiger partial charge in [0.05, 0.1) is 21.1 Å². The van der Waals surface area contributed by atoms with E-state index in [0.29, 0.717) is 6.42 Å². The number of imide groups is 1. The number of ether oxygens (including phenoxy) is 1. The molecule has 0 aromatic heterocycles. The van der Waals surface area contributed by atoms with Gasteiger partial charge in [-0.25, -0.2) is 13.2 Å². The minimum Gasteiger partial charge on any atom is -0.452 e. The molecule has 0 radical (unpaired) electrons. The molecule has 1 heterocycles. The highest BCUT2D eigenvalue weighted by atomic mass is 32.2. The number of non-ortho nitro benzene ring substituents is 1. The maximum absolute atomic E-state index is 12.6. The van der Waals surface area contributed by atoms with E-state index in [-0.39, 0.29) is 35.0 Å². The highest BCUT2D eigenvalue weighted by molar-refractivity contribution is 7.92. The minimum atomic E-state index is -4.26. The highest BCUT2D eigenvalue weighted by Crippen LogP contribution is 2.23. The largest absolute Gasteiger partial charge is 0.452 e. The minimum absolute atomic E-state index is 0.135. The van der Waals surface area contributed by atoms with Crippen LogP contribution in [-0.4, -0.2) is 49.2 Å². The fourth-order valence-electron chi connectivity index (χ4n) is 2.91. The summed E-state index contributed by atoms with van der Waals surface area (Å²) >= 11 is 0. The van der Waals surface area contributed by atoms with Gasteiger partial charge in [0.1, 0.15) is 0 Å². The molecule has 1 saturated heterocycles. The molecule has 0 spiro atoms. The van der Waals surface area contributed by atoms with Crippen molar-refractivity contribution in [3.8, 4) is 0 Å². The Balaban J connectivity index is 1.76. The molecule has 0 saturated carbocycles. The molecule has 11 nitrogen and oxygen atoms in total. The summed E-state index contributed by atoms with van der Waals surface area (Å²) in [6, 6.07) is 9.95. The van der Waals surface area contributed by atoms with Crippen LogP contribution in [0.5, 0.6) is 0 Å². The second-order valence-electron chi connectivity index (χ2n) is 6.52. The molecule has 3 rings (SSSR count). The summed E-state index contributed by atoms with van der Waals surface area (Å²) < 4.78 is 32.4. The van der Waals surface area contributed by atoms with Crippen molar-refractivity contribution >= 4 is 39.2 Å². The average Bonchev–Trinajstić information content (AvgIpc) is 3.18. The van der Waals surface area contributed by atoms with E-state index >= 15 is 0 Å². The summed E-state index contributed by atoms with van der Waals surface area (Å²) in [5.74, 6) is -1.98. The highest BCUT2D eigenvalue weighted by Gasteiger charge is 2.28. The maximum atomic E-state index is 12.6. The second-order valence-corrected chi connectivity index (χ2v) is 8.21. The summed E-state index contributed by atoms with van der Waals surface area (Å²) in [5, 5.41) is 10.9. The van der Waals surface area contributed by atoms with Crippen LogP contribution >= 0.6 is 0 Å². The van der Waals surface area contributed by atoms with Crippen LogP contribution in [0.15, 0.2) is 53.4 Å². The van der Waals surface area contributed by atoms with Crippen LogP contribution in [0.4, 0.5) is 11.4 Å². The third kappa shape index (κ3) is 5.04. The van der Waals surface area contributed by atoms with Gasteiger partial charge < -0.3 is 4.74 Å². The molecule has 1 N–H and O–H groups in total. The standard InChI is InChI=1S/C19H17N3O8S/c23-17-9-4-10-21(17)18(24)12-30-19(25)15-7-1-2-8-16(15)20-31(28,29)14-6-3-5-13(11-14)22(26)27/h1-3,5-8,11,20H,4,9-10,12H2. The van der Waals surface area contributed by atoms with Crippen LogP contribution < -0.4 is 4.72 Å². The Morgan fingerprint density at radius 3 is 2.58 bits per heavy atom. The lowest BCUT2D eigenvalue weighted by Crippen LogP contribution is -2.35. The molecule has 0 unspecified atom stereocenters. The number of anilines is 1. The molecule has 2 aromatic rings. The fourth-order valence-corrected chi connectivity index (χ4v) is 4.03. The van der Waals surface area contributed by atoms with E-state index in [9.17, 15) is 32.9 Å². The van der Waals surface area contributed by atoms with E-state index in [0.717, 1.165) is 17.0 Å². The van der Waals surface area contributed by atoms with Gasteiger partial charge in [0.2, 0.25) is 5.91 Å². The molecule has 0 atom stereocenters. The van der Waals surface area contributed by atoms with Crippen molar-refractivity contribution in [2.45, 2.75) is 17.7 Å². The first-order valence-electron chi connectivity index (χ1n) is 9.05. The van der Waals surface area contributed by atoms with Gasteiger partial charge in [-0.05, 0) is 24.6 Å². The van der Waals surface area contributed by atoms with Crippen molar-refractivity contribution < 1.29 is 32.5 Å². The first-order valence-corrected chi connectivity index (χ1v) is 10.5. The number of nitro groups is 1. The number of carbonyl (C=O) groups excluding carboxylic acids is 3. The number of sulfonamides is 1. The molecule has 0 aliphatic carbocycles. The zero-order valence-electron chi connectivity index (χ0n) is 16.0. The zero-order chi connectivity index (χ0) is 22.6. The number of nitro benzene ring substituents is 1. The number of benzene rings is 2. The Morgan fingerprint density at radius 2 is 1.90 bits per heavy atom. The van der Waals surface area contributed by atoms with Crippen LogP contribution in [0, 0.1) is 10.1 Å². The van der Waals surface area contributed by atoms with Gasteiger partial charge in [0.25, 0.3) is 21.6 Å². The molecular formula is C19H17N3O8S. The summed E-state index contributed by atoms with van der Waals surface area (Å²) in [7, 11) is -4.26. The van der Waals surface area contributed by atoms with Gasteiger partial charge in [-0.3, -0.25) is 29.3 Å². The molecule has 12 heteroatoms. The molecular weight excluding hydrogens is 430 g/mol. The number of rotatable bonds is 7. The lowest BCUT2D eigenvalue weighted by molar-refractivity contribution is -0.385. The quantitative estimate of drug-likeness (QED) is 0.382. The smallest absolute Gasteiger partial charge is 0.340 e. The van der Waals surface area contributed by atoms with Gasteiger partial charge in [-0.1, -0.05) is 18.2 Å². The van der Waals surface area contributed by atoms with E-state index in [1.165, 1.54) is 36.4 Å². The zero-order valence-corrected chi connectivity index (χ0v) is 16.8. The van der Waals surface area contributed by atoms with Crippen LogP contribution in [0.1, 0.15) is 23.2 Å². The van der Waals surface area contributed by atoms with Crippen molar-refractivity contribution in [3.63, 3.8) is 0 Å². The maximum Gasteiger partial charge on any atom is 0.340 e. The number of likely N-dealkylation sites (tertiary alicyclic amines) is 1. The third-order valence-electron chi connectivity index (χ3n) is 4.43. The molecule has 162 valence electrons. The second kappa shape index (κ2) is 8.92. The van der Waals surface area contributed by atoms with Gasteiger partial charge in [-0.2, -0.15) is 0 Å². The fraction of sp³-hybridized carbons (Fsp3) is 0.211. The number of nitrogens with zero attached hydrogens (tertiary/aromatic N) is 2. The third-order valence-corrected chi connectivity index (χ3v) is 5.79. The molecule has 2 amide bonds. The molecule has 31 heavy (non-hydrogen) atoms. The predicted octanol–water partition coefficient (Wildman–Crippen LogP) is 1.70. The first-order chi connectivity index (χ1) is 14.7. The van der Waals surface area contributed by atoms with E-state index in [1.807, 2.05) is 0 Å². The number of hydrogen-bond acceptors (Lipinski definition) is 8. The normalized spacial score (nSPS) is 13.7. The van der Waals surface area contributed by atoms with Crippen molar-refractivity contribution in [1.29, 1.82) is 0 Å². The monoisotopic (exact) mass is 447 g/mol. The lowest BCUT2D eigenvalue weighted by Gasteiger charge is -2.15. The van der Waals surface area contributed by atoms with Crippen molar-refractivity contribution in [3.05, 3.63) is 64.2 Å². The Morgan fingerprint density at radius 1 is 1.16 bits per heavy atom. The van der Waals surface area contributed by atoms with Gasteiger partial charge in [0, 0.05) is 25.1 Å². The number of para-hydroxylation sites is 1.